The lowest BCUT2D eigenvalue weighted by molar-refractivity contribution is 0.248. The third-order valence-electron chi connectivity index (χ3n) is 1.76. The monoisotopic (exact) mass is 297 g/mol. The Morgan fingerprint density at radius 3 is 2.41 bits per heavy atom. The van der Waals surface area contributed by atoms with Crippen molar-refractivity contribution in [1.82, 2.24) is 10.0 Å². The van der Waals surface area contributed by atoms with Gasteiger partial charge in [-0.25, -0.2) is 17.9 Å². The van der Waals surface area contributed by atoms with Crippen LogP contribution in [0.15, 0.2) is 17.0 Å². The van der Waals surface area contributed by atoms with Gasteiger partial charge in [-0.2, -0.15) is 0 Å². The van der Waals surface area contributed by atoms with Gasteiger partial charge in [-0.15, -0.1) is 0 Å². The molecule has 17 heavy (non-hydrogen) atoms. The van der Waals surface area contributed by atoms with Gasteiger partial charge in [-0.05, 0) is 12.1 Å². The van der Waals surface area contributed by atoms with Crippen LogP contribution in [0.2, 0.25) is 10.0 Å². The Hall–Kier alpha value is -1.18. The van der Waals surface area contributed by atoms with Crippen LogP contribution in [0.4, 0.5) is 10.5 Å². The van der Waals surface area contributed by atoms with Crippen LogP contribution in [0.3, 0.4) is 0 Å². The summed E-state index contributed by atoms with van der Waals surface area (Å²) in [5.74, 6) is 0. The molecule has 9 heteroatoms. The third kappa shape index (κ3) is 3.15. The summed E-state index contributed by atoms with van der Waals surface area (Å²) >= 11 is 11.4. The van der Waals surface area contributed by atoms with Gasteiger partial charge in [0.2, 0.25) is 0 Å². The molecule has 0 aliphatic heterocycles. The normalized spacial score (nSPS) is 11.0. The Bertz CT molecular complexity index is 536. The van der Waals surface area contributed by atoms with Gasteiger partial charge in [0, 0.05) is 12.1 Å². The Kier molecular flexibility index (Phi) is 4.07. The largest absolute Gasteiger partial charge is 0.398 e. The van der Waals surface area contributed by atoms with Gasteiger partial charge in [-0.1, -0.05) is 23.2 Å². The minimum Gasteiger partial charge on any atom is -0.398 e. The highest BCUT2D eigenvalue weighted by molar-refractivity contribution is 7.90. The first-order valence-corrected chi connectivity index (χ1v) is 6.51. The number of sulfonamides is 1. The van der Waals surface area contributed by atoms with Crippen LogP contribution in [0.5, 0.6) is 0 Å². The molecular formula is C8H9Cl2N3O3S. The first kappa shape index (κ1) is 13.9. The third-order valence-corrected chi connectivity index (χ3v) is 3.84. The molecule has 0 saturated carbocycles. The molecule has 0 spiro atoms. The van der Waals surface area contributed by atoms with Crippen molar-refractivity contribution in [2.45, 2.75) is 4.90 Å². The minimum atomic E-state index is -4.13. The molecule has 1 rings (SSSR count). The molecule has 0 aliphatic carbocycles. The van der Waals surface area contributed by atoms with Gasteiger partial charge < -0.3 is 11.1 Å². The van der Waals surface area contributed by atoms with E-state index in [2.05, 4.69) is 5.32 Å². The maximum atomic E-state index is 11.8. The number of rotatable bonds is 2. The van der Waals surface area contributed by atoms with E-state index >= 15 is 0 Å². The zero-order valence-corrected chi connectivity index (χ0v) is 10.9. The first-order valence-electron chi connectivity index (χ1n) is 4.27. The Labute approximate surface area is 108 Å². The number of nitrogen functional groups attached to an aromatic ring is 1. The molecule has 4 N–H and O–H groups in total. The number of hydrogen-bond donors (Lipinski definition) is 3. The number of nitrogens with one attached hydrogen (secondary N) is 2. The van der Waals surface area contributed by atoms with E-state index < -0.39 is 16.1 Å². The van der Waals surface area contributed by atoms with Gasteiger partial charge in [-0.3, -0.25) is 0 Å². The molecule has 0 fully saturated rings. The molecule has 0 aliphatic rings. The van der Waals surface area contributed by atoms with Crippen molar-refractivity contribution in [3.63, 3.8) is 0 Å². The second kappa shape index (κ2) is 4.99. The summed E-state index contributed by atoms with van der Waals surface area (Å²) in [4.78, 5) is 10.6. The number of hydrogen-bond acceptors (Lipinski definition) is 4. The van der Waals surface area contributed by atoms with Crippen molar-refractivity contribution in [3.8, 4) is 0 Å². The van der Waals surface area contributed by atoms with E-state index in [1.54, 1.807) is 4.72 Å². The van der Waals surface area contributed by atoms with Crippen LogP contribution in [0.1, 0.15) is 0 Å². The number of carbonyl (C=O) groups excluding carboxylic acids is 1. The van der Waals surface area contributed by atoms with Crippen LogP contribution >= 0.6 is 23.2 Å². The van der Waals surface area contributed by atoms with Crippen LogP contribution in [0, 0.1) is 0 Å². The van der Waals surface area contributed by atoms with Gasteiger partial charge in [0.05, 0.1) is 10.7 Å². The summed E-state index contributed by atoms with van der Waals surface area (Å²) < 4.78 is 25.3. The van der Waals surface area contributed by atoms with E-state index in [1.807, 2.05) is 0 Å². The van der Waals surface area contributed by atoms with Crippen LogP contribution in [0.25, 0.3) is 0 Å². The molecule has 0 saturated heterocycles. The SMILES string of the molecule is CNC(=O)NS(=O)(=O)c1c(N)cc(Cl)cc1Cl. The minimum absolute atomic E-state index is 0.140. The highest BCUT2D eigenvalue weighted by Gasteiger charge is 2.23. The molecule has 94 valence electrons. The average Bonchev–Trinajstić information content (AvgIpc) is 2.14. The fraction of sp³-hybridized carbons (Fsp3) is 0.125. The van der Waals surface area contributed by atoms with E-state index in [0.717, 1.165) is 0 Å². The summed E-state index contributed by atoms with van der Waals surface area (Å²) in [6.07, 6.45) is 0. The quantitative estimate of drug-likeness (QED) is 0.714. The molecular weight excluding hydrogens is 289 g/mol. The van der Waals surface area contributed by atoms with E-state index in [9.17, 15) is 13.2 Å². The zero-order valence-electron chi connectivity index (χ0n) is 8.62. The number of nitrogens with two attached hydrogens (primary N) is 1. The molecule has 0 bridgehead atoms. The first-order chi connectivity index (χ1) is 7.77. The highest BCUT2D eigenvalue weighted by atomic mass is 35.5. The van der Waals surface area contributed by atoms with Crippen molar-refractivity contribution in [3.05, 3.63) is 22.2 Å². The van der Waals surface area contributed by atoms with E-state index in [1.165, 1.54) is 19.2 Å². The lowest BCUT2D eigenvalue weighted by Gasteiger charge is -2.10. The predicted octanol–water partition coefficient (Wildman–Crippen LogP) is 1.19. The van der Waals surface area contributed by atoms with Crippen LogP contribution in [-0.2, 0) is 10.0 Å². The zero-order chi connectivity index (χ0) is 13.2. The van der Waals surface area contributed by atoms with E-state index in [4.69, 9.17) is 28.9 Å². The van der Waals surface area contributed by atoms with E-state index in [-0.39, 0.29) is 20.6 Å². The summed E-state index contributed by atoms with van der Waals surface area (Å²) in [5.41, 5.74) is 5.37. The predicted molar refractivity (Wildman–Crippen MR) is 65.7 cm³/mol. The van der Waals surface area contributed by atoms with E-state index in [0.29, 0.717) is 0 Å². The molecule has 1 aromatic rings. The molecule has 2 amide bonds. The highest BCUT2D eigenvalue weighted by Crippen LogP contribution is 2.30. The van der Waals surface area contributed by atoms with Crippen molar-refractivity contribution < 1.29 is 13.2 Å². The lowest BCUT2D eigenvalue weighted by atomic mass is 10.3. The molecule has 1 aromatic carbocycles. The Morgan fingerprint density at radius 2 is 1.94 bits per heavy atom. The summed E-state index contributed by atoms with van der Waals surface area (Å²) in [6.45, 7) is 0. The smallest absolute Gasteiger partial charge is 0.328 e. The molecule has 6 nitrogen and oxygen atoms in total. The molecule has 0 atom stereocenters. The van der Waals surface area contributed by atoms with Crippen molar-refractivity contribution in [2.75, 3.05) is 12.8 Å². The van der Waals surface area contributed by atoms with Gasteiger partial charge >= 0.3 is 6.03 Å². The van der Waals surface area contributed by atoms with Crippen LogP contribution < -0.4 is 15.8 Å². The van der Waals surface area contributed by atoms with Gasteiger partial charge in [0.1, 0.15) is 4.90 Å². The fourth-order valence-corrected chi connectivity index (χ4v) is 3.03. The molecule has 0 heterocycles. The molecule has 0 unspecified atom stereocenters. The number of benzene rings is 1. The van der Waals surface area contributed by atoms with Crippen molar-refractivity contribution >= 4 is 44.9 Å². The standard InChI is InChI=1S/C8H9Cl2N3O3S/c1-12-8(14)13-17(15,16)7-5(10)2-4(9)3-6(7)11/h2-3H,11H2,1H3,(H2,12,13,14). The lowest BCUT2D eigenvalue weighted by Crippen LogP contribution is -2.37. The Morgan fingerprint density at radius 1 is 1.35 bits per heavy atom. The average molecular weight is 298 g/mol. The van der Waals surface area contributed by atoms with Gasteiger partial charge in [0.25, 0.3) is 10.0 Å². The van der Waals surface area contributed by atoms with Crippen molar-refractivity contribution in [2.24, 2.45) is 0 Å². The van der Waals surface area contributed by atoms with Gasteiger partial charge in [0.15, 0.2) is 0 Å². The Balaban J connectivity index is 3.29. The van der Waals surface area contributed by atoms with Crippen LogP contribution in [-0.4, -0.2) is 21.5 Å². The number of carbonyl (C=O) groups is 1. The summed E-state index contributed by atoms with van der Waals surface area (Å²) in [5, 5.41) is 2.14. The summed E-state index contributed by atoms with van der Waals surface area (Å²) in [7, 11) is -2.85. The second-order valence-electron chi connectivity index (χ2n) is 2.99. The summed E-state index contributed by atoms with van der Waals surface area (Å²) in [6, 6.07) is 1.56. The number of anilines is 1. The topological polar surface area (TPSA) is 101 Å². The fourth-order valence-electron chi connectivity index (χ4n) is 1.09. The molecule has 0 radical (unpaired) electrons. The number of urea groups is 1. The number of amides is 2. The van der Waals surface area contributed by atoms with Crippen molar-refractivity contribution in [1.29, 1.82) is 0 Å². The maximum Gasteiger partial charge on any atom is 0.328 e. The number of halogens is 2. The maximum absolute atomic E-state index is 11.8. The molecule has 0 aromatic heterocycles. The second-order valence-corrected chi connectivity index (χ2v) is 5.45.